The molecule has 12 heteroatoms. The summed E-state index contributed by atoms with van der Waals surface area (Å²) in [5.41, 5.74) is 6.76. The van der Waals surface area contributed by atoms with E-state index in [0.29, 0.717) is 63.1 Å². The van der Waals surface area contributed by atoms with Gasteiger partial charge in [0.1, 0.15) is 11.4 Å². The van der Waals surface area contributed by atoms with Crippen LogP contribution in [0.5, 0.6) is 11.8 Å². The van der Waals surface area contributed by atoms with Gasteiger partial charge in [-0.05, 0) is 25.6 Å². The molecular weight excluding hydrogens is 599 g/mol. The normalized spacial score (nSPS) is 11.2. The first-order chi connectivity index (χ1) is 21.5. The number of methoxy groups -OCH3 is 2. The Balaban J connectivity index is 1.44. The van der Waals surface area contributed by atoms with Gasteiger partial charge in [0.05, 0.1) is 54.2 Å². The molecule has 0 aliphatic carbocycles. The molecule has 0 radical (unpaired) electrons. The quantitative estimate of drug-likeness (QED) is 0.159. The molecule has 0 unspecified atom stereocenters. The van der Waals surface area contributed by atoms with Gasteiger partial charge in [0.2, 0.25) is 11.8 Å². The number of halogens is 2. The van der Waals surface area contributed by atoms with Crippen molar-refractivity contribution in [3.63, 3.8) is 0 Å². The summed E-state index contributed by atoms with van der Waals surface area (Å²) in [6, 6.07) is 11.5. The molecule has 0 aliphatic heterocycles. The molecule has 3 heterocycles. The van der Waals surface area contributed by atoms with Crippen molar-refractivity contribution in [1.82, 2.24) is 40.3 Å². The highest BCUT2D eigenvalue weighted by Gasteiger charge is 2.19. The topological polar surface area (TPSA) is 114 Å². The highest BCUT2D eigenvalue weighted by Crippen LogP contribution is 2.42. The van der Waals surface area contributed by atoms with Crippen LogP contribution in [0.4, 0.5) is 0 Å². The van der Waals surface area contributed by atoms with Crippen LogP contribution in [0.25, 0.3) is 33.6 Å². The largest absolute Gasteiger partial charge is 0.480 e. The lowest BCUT2D eigenvalue weighted by Crippen LogP contribution is -2.26. The first-order valence-corrected chi connectivity index (χ1v) is 14.9. The fraction of sp³-hybridized carbons (Fsp3) is 0.281. The van der Waals surface area contributed by atoms with E-state index in [1.54, 1.807) is 26.6 Å². The molecule has 0 saturated heterocycles. The van der Waals surface area contributed by atoms with Crippen molar-refractivity contribution < 1.29 is 9.47 Å². The molecule has 0 atom stereocenters. The van der Waals surface area contributed by atoms with Crippen LogP contribution in [0.1, 0.15) is 23.9 Å². The lowest BCUT2D eigenvalue weighted by atomic mass is 9.98. The van der Waals surface area contributed by atoms with Gasteiger partial charge in [-0.3, -0.25) is 20.0 Å². The van der Waals surface area contributed by atoms with Crippen LogP contribution in [-0.2, 0) is 19.5 Å². The van der Waals surface area contributed by atoms with Crippen molar-refractivity contribution in [3.05, 3.63) is 88.2 Å². The minimum Gasteiger partial charge on any atom is -0.480 e. The fourth-order valence-corrected chi connectivity index (χ4v) is 5.56. The highest BCUT2D eigenvalue weighted by atomic mass is 35.5. The zero-order valence-electron chi connectivity index (χ0n) is 25.1. The van der Waals surface area contributed by atoms with Crippen LogP contribution in [-0.4, -0.2) is 69.4 Å². The highest BCUT2D eigenvalue weighted by molar-refractivity contribution is 6.39. The van der Waals surface area contributed by atoms with Gasteiger partial charge in [-0.15, -0.1) is 0 Å². The van der Waals surface area contributed by atoms with Crippen molar-refractivity contribution in [2.75, 3.05) is 34.4 Å². The Kier molecular flexibility index (Phi) is 10.4. The number of hydrogen-bond acceptors (Lipinski definition) is 9. The molecule has 2 aromatic carbocycles. The molecule has 10 nitrogen and oxygen atoms in total. The van der Waals surface area contributed by atoms with Gasteiger partial charge in [0.15, 0.2) is 0 Å². The molecule has 0 bridgehead atoms. The Morgan fingerprint density at radius 2 is 1.39 bits per heavy atom. The predicted molar refractivity (Wildman–Crippen MR) is 173 cm³/mol. The van der Waals surface area contributed by atoms with Crippen LogP contribution in [0, 0.1) is 0 Å². The number of nitrogens with one attached hydrogen (secondary N) is 2. The van der Waals surface area contributed by atoms with Crippen LogP contribution >= 0.6 is 23.2 Å². The van der Waals surface area contributed by atoms with E-state index in [9.17, 15) is 0 Å². The summed E-state index contributed by atoms with van der Waals surface area (Å²) in [6.45, 7) is 4.97. The molecule has 0 fully saturated rings. The maximum atomic E-state index is 7.05. The molecule has 0 spiro atoms. The SMILES string of the molecule is CCN(CCc1cn[nH]c1)Cc1ncc(-c2cccc(-c3cccc(-c4cnc(CNC)c(OC)n4)c3Cl)c2Cl)nc1OC. The smallest absolute Gasteiger partial charge is 0.237 e. The third-order valence-corrected chi connectivity index (χ3v) is 8.10. The van der Waals surface area contributed by atoms with Crippen molar-refractivity contribution in [3.8, 4) is 45.4 Å². The van der Waals surface area contributed by atoms with Crippen LogP contribution < -0.4 is 14.8 Å². The van der Waals surface area contributed by atoms with Gasteiger partial charge < -0.3 is 14.8 Å². The lowest BCUT2D eigenvalue weighted by molar-refractivity contribution is 0.272. The summed E-state index contributed by atoms with van der Waals surface area (Å²) in [5.74, 6) is 0.898. The Morgan fingerprint density at radius 1 is 0.818 bits per heavy atom. The maximum absolute atomic E-state index is 7.05. The number of nitrogens with zero attached hydrogens (tertiary/aromatic N) is 6. The van der Waals surface area contributed by atoms with E-state index >= 15 is 0 Å². The molecule has 44 heavy (non-hydrogen) atoms. The van der Waals surface area contributed by atoms with E-state index in [-0.39, 0.29) is 0 Å². The van der Waals surface area contributed by atoms with Gasteiger partial charge in [-0.1, -0.05) is 66.5 Å². The standard InChI is InChI=1S/C32H34Cl2N8O2/c1-5-42(13-12-20-14-38-39-15-20)19-28-32(44-4)41-26(18-37-28)24-11-7-9-22(30(24)34)21-8-6-10-23(29(21)33)25-17-36-27(16-35-2)31(40-25)43-3/h6-11,14-15,17-18,35H,5,12-13,16,19H2,1-4H3,(H,38,39). The molecule has 0 aliphatic rings. The van der Waals surface area contributed by atoms with E-state index in [2.05, 4.69) is 37.3 Å². The zero-order valence-corrected chi connectivity index (χ0v) is 26.6. The second-order valence-electron chi connectivity index (χ2n) is 10.0. The summed E-state index contributed by atoms with van der Waals surface area (Å²) in [5, 5.41) is 11.0. The molecule has 0 saturated carbocycles. The van der Waals surface area contributed by atoms with E-state index in [0.717, 1.165) is 41.9 Å². The molecule has 0 amide bonds. The van der Waals surface area contributed by atoms with Gasteiger partial charge >= 0.3 is 0 Å². The van der Waals surface area contributed by atoms with Crippen LogP contribution in [0.2, 0.25) is 10.0 Å². The van der Waals surface area contributed by atoms with E-state index in [1.807, 2.05) is 55.8 Å². The van der Waals surface area contributed by atoms with Crippen LogP contribution in [0.15, 0.2) is 61.2 Å². The lowest BCUT2D eigenvalue weighted by Gasteiger charge is -2.20. The molecule has 3 aromatic heterocycles. The van der Waals surface area contributed by atoms with Crippen molar-refractivity contribution in [1.29, 1.82) is 0 Å². The third-order valence-electron chi connectivity index (χ3n) is 7.29. The number of aromatic nitrogens is 6. The maximum Gasteiger partial charge on any atom is 0.237 e. The monoisotopic (exact) mass is 632 g/mol. The number of benzene rings is 2. The first kappa shape index (κ1) is 31.3. The predicted octanol–water partition coefficient (Wildman–Crippen LogP) is 6.10. The van der Waals surface area contributed by atoms with Crippen molar-refractivity contribution in [2.45, 2.75) is 26.4 Å². The van der Waals surface area contributed by atoms with Gasteiger partial charge in [0.25, 0.3) is 0 Å². The Labute approximate surface area is 266 Å². The average Bonchev–Trinajstić information content (AvgIpc) is 3.58. The van der Waals surface area contributed by atoms with Crippen molar-refractivity contribution in [2.24, 2.45) is 0 Å². The number of rotatable bonds is 13. The first-order valence-electron chi connectivity index (χ1n) is 14.2. The van der Waals surface area contributed by atoms with E-state index in [4.69, 9.17) is 42.6 Å². The molecule has 5 rings (SSSR count). The third kappa shape index (κ3) is 6.84. The van der Waals surface area contributed by atoms with E-state index < -0.39 is 0 Å². The minimum atomic E-state index is 0.439. The Morgan fingerprint density at radius 3 is 1.91 bits per heavy atom. The number of likely N-dealkylation sites (N-methyl/N-ethyl adjacent to an activating group) is 1. The van der Waals surface area contributed by atoms with Gasteiger partial charge in [0, 0.05) is 48.1 Å². The Bertz CT molecular complexity index is 1720. The van der Waals surface area contributed by atoms with E-state index in [1.165, 1.54) is 0 Å². The number of aromatic amines is 1. The summed E-state index contributed by atoms with van der Waals surface area (Å²) in [6.07, 6.45) is 8.07. The summed E-state index contributed by atoms with van der Waals surface area (Å²) in [7, 11) is 5.02. The summed E-state index contributed by atoms with van der Waals surface area (Å²) >= 11 is 14.0. The van der Waals surface area contributed by atoms with Gasteiger partial charge in [-0.25, -0.2) is 9.97 Å². The minimum absolute atomic E-state index is 0.439. The number of hydrogen-bond donors (Lipinski definition) is 2. The summed E-state index contributed by atoms with van der Waals surface area (Å²) in [4.78, 5) is 21.0. The fourth-order valence-electron chi connectivity index (χ4n) is 4.92. The second-order valence-corrected chi connectivity index (χ2v) is 10.8. The van der Waals surface area contributed by atoms with Crippen molar-refractivity contribution >= 4 is 23.2 Å². The average molecular weight is 634 g/mol. The molecule has 228 valence electrons. The Hall–Kier alpha value is -4.09. The number of ether oxygens (including phenoxy) is 2. The van der Waals surface area contributed by atoms with Crippen LogP contribution in [0.3, 0.4) is 0 Å². The molecular formula is C32H34Cl2N8O2. The molecule has 5 aromatic rings. The van der Waals surface area contributed by atoms with Gasteiger partial charge in [-0.2, -0.15) is 5.10 Å². The second kappa shape index (κ2) is 14.6. The molecule has 2 N–H and O–H groups in total. The zero-order chi connectivity index (χ0) is 31.1. The summed E-state index contributed by atoms with van der Waals surface area (Å²) < 4.78 is 11.2. The number of H-pyrrole nitrogens is 1.